The highest BCUT2D eigenvalue weighted by atomic mass is 32.2. The molecule has 1 aliphatic heterocycles. The lowest BCUT2D eigenvalue weighted by Crippen LogP contribution is -2.63. The standard InChI is InChI=1S/C54H90N14O14S/c1-28(2)40(65-44(72)33-19-14-23-58-33)50(78)64-38(27-39(70)71)48(76)66-42(30(5)6)51(79)67-41(29(3)4)49(77)60-34(18-12-13-22-55)46(74)68-43(31(7)69)52(80)61-35(20-15-24-59-54(56)57)45(73)63-37(26-32-16-10-9-11-17-32)47(75)62-36(53(81)82)21-25-83-8/h9-11,16-17,28-31,33-38,40-43,58,69H,12-15,18-27,55H2,1-8H3,(H,60,77)(H,61,80)(H,62,75)(H,63,73)(H,64,78)(H,65,72)(H,66,76)(H,67,79)(H,68,74)(H,70,71)(H,81,82)(H4,56,57,59)/t31-,33+,34+,35+,36+,37+,38+,40+,41+,42+,43+/m1/s1. The van der Waals surface area contributed by atoms with Crippen LogP contribution in [-0.4, -0.2) is 185 Å². The van der Waals surface area contributed by atoms with Crippen LogP contribution in [0.25, 0.3) is 0 Å². The molecule has 28 nitrogen and oxygen atoms in total. The SMILES string of the molecule is CSCC[C@H](NC(=O)[C@H](Cc1ccccc1)NC(=O)[C@H](CCCN=C(N)N)NC(=O)[C@@H](NC(=O)[C@H](CCCCN)NC(=O)[C@@H](NC(=O)[C@@H](NC(=O)[C@H](CC(=O)O)NC(=O)[C@@H](NC(=O)[C@@H]1CCCN1)C(C)C)C(C)C)C(C)C)[C@@H](C)O)C(=O)O. The lowest BCUT2D eigenvalue weighted by molar-refractivity contribution is -0.142. The second-order valence-corrected chi connectivity index (χ2v) is 22.5. The molecule has 0 saturated carbocycles. The molecule has 29 heteroatoms. The Kier molecular flexibility index (Phi) is 32.2. The number of amides is 9. The van der Waals surface area contributed by atoms with Gasteiger partial charge in [-0.15, -0.1) is 0 Å². The number of guanidine groups is 1. The Balaban J connectivity index is 2.40. The zero-order valence-electron chi connectivity index (χ0n) is 48.8. The Bertz CT molecular complexity index is 2350. The summed E-state index contributed by atoms with van der Waals surface area (Å²) in [5, 5.41) is 56.6. The summed E-state index contributed by atoms with van der Waals surface area (Å²) in [5.41, 5.74) is 17.4. The predicted octanol–water partition coefficient (Wildman–Crippen LogP) is -2.81. The van der Waals surface area contributed by atoms with Crippen molar-refractivity contribution < 1.29 is 68.1 Å². The summed E-state index contributed by atoms with van der Waals surface area (Å²) in [4.78, 5) is 153. The summed E-state index contributed by atoms with van der Waals surface area (Å²) in [6.07, 6.45) is 1.15. The number of carbonyl (C=O) groups is 11. The molecule has 0 radical (unpaired) electrons. The molecule has 1 aromatic rings. The molecule has 2 rings (SSSR count). The van der Waals surface area contributed by atoms with E-state index in [1.807, 2.05) is 0 Å². The number of unbranched alkanes of at least 4 members (excludes halogenated alkanes) is 1. The van der Waals surface area contributed by atoms with Gasteiger partial charge in [-0.3, -0.25) is 52.9 Å². The second kappa shape index (κ2) is 37.2. The van der Waals surface area contributed by atoms with Gasteiger partial charge in [0.25, 0.3) is 0 Å². The molecule has 1 heterocycles. The molecule has 0 spiro atoms. The lowest BCUT2D eigenvalue weighted by Gasteiger charge is -2.30. The van der Waals surface area contributed by atoms with E-state index in [0.717, 1.165) is 6.42 Å². The lowest BCUT2D eigenvalue weighted by atomic mass is 9.98. The second-order valence-electron chi connectivity index (χ2n) is 21.5. The van der Waals surface area contributed by atoms with Gasteiger partial charge >= 0.3 is 11.9 Å². The molecule has 83 heavy (non-hydrogen) atoms. The van der Waals surface area contributed by atoms with Crippen molar-refractivity contribution in [3.8, 4) is 0 Å². The minimum Gasteiger partial charge on any atom is -0.481 e. The Labute approximate surface area is 489 Å². The van der Waals surface area contributed by atoms with E-state index in [-0.39, 0.29) is 57.6 Å². The normalized spacial score (nSPS) is 16.7. The van der Waals surface area contributed by atoms with Crippen LogP contribution in [0, 0.1) is 17.8 Å². The first-order valence-corrected chi connectivity index (χ1v) is 29.4. The summed E-state index contributed by atoms with van der Waals surface area (Å²) in [5.74, 6) is -12.2. The maximum Gasteiger partial charge on any atom is 0.326 e. The van der Waals surface area contributed by atoms with Gasteiger partial charge in [-0.1, -0.05) is 71.9 Å². The number of rotatable bonds is 38. The van der Waals surface area contributed by atoms with Crippen molar-refractivity contribution in [3.05, 3.63) is 35.9 Å². The third kappa shape index (κ3) is 25.9. The number of thioether (sulfide) groups is 1. The number of nitrogens with zero attached hydrogens (tertiary/aromatic N) is 1. The van der Waals surface area contributed by atoms with E-state index in [1.165, 1.54) is 18.7 Å². The number of carboxylic acid groups (broad SMARTS) is 2. The topological polar surface area (TPSA) is 459 Å². The number of hydrogen-bond acceptors (Lipinski definition) is 16. The van der Waals surface area contributed by atoms with Crippen LogP contribution in [0.5, 0.6) is 0 Å². The fourth-order valence-electron chi connectivity index (χ4n) is 8.72. The van der Waals surface area contributed by atoms with Crippen molar-refractivity contribution in [3.63, 3.8) is 0 Å². The summed E-state index contributed by atoms with van der Waals surface area (Å²) in [6.45, 7) is 11.7. The van der Waals surface area contributed by atoms with Crippen molar-refractivity contribution >= 4 is 82.8 Å². The van der Waals surface area contributed by atoms with Gasteiger partial charge in [0, 0.05) is 13.0 Å². The average Bonchev–Trinajstić information content (AvgIpc) is 4.03. The molecule has 0 unspecified atom stereocenters. The smallest absolute Gasteiger partial charge is 0.326 e. The summed E-state index contributed by atoms with van der Waals surface area (Å²) in [6, 6.07) is -4.88. The molecule has 466 valence electrons. The monoisotopic (exact) mass is 1190 g/mol. The first-order valence-electron chi connectivity index (χ1n) is 28.0. The Hall–Kier alpha value is -7.11. The molecule has 0 aromatic heterocycles. The molecule has 9 amide bonds. The maximum absolute atomic E-state index is 14.2. The first-order chi connectivity index (χ1) is 39.1. The summed E-state index contributed by atoms with van der Waals surface area (Å²) < 4.78 is 0. The minimum atomic E-state index is -1.77. The number of nitrogens with two attached hydrogens (primary N) is 3. The number of aliphatic imine (C=N–C) groups is 1. The van der Waals surface area contributed by atoms with E-state index in [2.05, 4.69) is 58.2 Å². The van der Waals surface area contributed by atoms with Crippen LogP contribution in [-0.2, 0) is 59.2 Å². The Morgan fingerprint density at radius 1 is 0.590 bits per heavy atom. The van der Waals surface area contributed by atoms with Gasteiger partial charge in [0.15, 0.2) is 5.96 Å². The molecular formula is C54H90N14O14S. The highest BCUT2D eigenvalue weighted by Gasteiger charge is 2.38. The third-order valence-corrected chi connectivity index (χ3v) is 14.1. The van der Waals surface area contributed by atoms with Gasteiger partial charge in [0.2, 0.25) is 53.2 Å². The van der Waals surface area contributed by atoms with Crippen LogP contribution < -0.4 is 70.4 Å². The van der Waals surface area contributed by atoms with E-state index < -0.39 is 156 Å². The molecular weight excluding hydrogens is 1100 g/mol. The van der Waals surface area contributed by atoms with Crippen molar-refractivity contribution in [2.75, 3.05) is 31.6 Å². The van der Waals surface area contributed by atoms with Crippen molar-refractivity contribution in [2.24, 2.45) is 39.9 Å². The van der Waals surface area contributed by atoms with Crippen LogP contribution in [0.15, 0.2) is 35.3 Å². The largest absolute Gasteiger partial charge is 0.481 e. The van der Waals surface area contributed by atoms with Crippen molar-refractivity contribution in [1.82, 2.24) is 53.2 Å². The van der Waals surface area contributed by atoms with Crippen LogP contribution in [0.2, 0.25) is 0 Å². The highest BCUT2D eigenvalue weighted by Crippen LogP contribution is 2.14. The highest BCUT2D eigenvalue weighted by molar-refractivity contribution is 7.98. The zero-order valence-corrected chi connectivity index (χ0v) is 49.6. The van der Waals surface area contributed by atoms with E-state index in [1.54, 1.807) is 78.1 Å². The van der Waals surface area contributed by atoms with E-state index in [0.29, 0.717) is 30.7 Å². The zero-order chi connectivity index (χ0) is 62.5. The number of benzene rings is 1. The van der Waals surface area contributed by atoms with Crippen LogP contribution in [0.4, 0.5) is 0 Å². The molecule has 1 saturated heterocycles. The van der Waals surface area contributed by atoms with Gasteiger partial charge in [0.05, 0.1) is 18.6 Å². The first kappa shape index (κ1) is 72.0. The number of carboxylic acids is 2. The molecule has 11 atom stereocenters. The average molecular weight is 1190 g/mol. The number of hydrogen-bond donors (Lipinski definition) is 16. The van der Waals surface area contributed by atoms with E-state index >= 15 is 0 Å². The van der Waals surface area contributed by atoms with Gasteiger partial charge in [-0.2, -0.15) is 11.8 Å². The Morgan fingerprint density at radius 3 is 1.54 bits per heavy atom. The van der Waals surface area contributed by atoms with Gasteiger partial charge in [-0.25, -0.2) is 4.79 Å². The van der Waals surface area contributed by atoms with Gasteiger partial charge < -0.3 is 85.7 Å². The molecule has 1 aromatic carbocycles. The number of aliphatic hydroxyl groups is 1. The molecule has 1 fully saturated rings. The molecule has 19 N–H and O–H groups in total. The molecule has 0 bridgehead atoms. The molecule has 1 aliphatic rings. The number of carbonyl (C=O) groups excluding carboxylic acids is 9. The quantitative estimate of drug-likeness (QED) is 0.0180. The van der Waals surface area contributed by atoms with Crippen molar-refractivity contribution in [2.45, 2.75) is 179 Å². The third-order valence-electron chi connectivity index (χ3n) is 13.5. The van der Waals surface area contributed by atoms with Crippen LogP contribution >= 0.6 is 11.8 Å². The van der Waals surface area contributed by atoms with Crippen LogP contribution in [0.1, 0.15) is 112 Å². The van der Waals surface area contributed by atoms with E-state index in [9.17, 15) is 68.1 Å². The van der Waals surface area contributed by atoms with Crippen LogP contribution in [0.3, 0.4) is 0 Å². The van der Waals surface area contributed by atoms with E-state index in [4.69, 9.17) is 17.2 Å². The number of aliphatic carboxylic acids is 2. The molecule has 0 aliphatic carbocycles. The number of nitrogens with one attached hydrogen (secondary N) is 10. The fraction of sp³-hybridized carbons (Fsp3) is 0.667. The van der Waals surface area contributed by atoms with Gasteiger partial charge in [-0.05, 0) is 107 Å². The van der Waals surface area contributed by atoms with Gasteiger partial charge in [0.1, 0.15) is 54.4 Å². The Morgan fingerprint density at radius 2 is 1.05 bits per heavy atom. The maximum atomic E-state index is 14.2. The fourth-order valence-corrected chi connectivity index (χ4v) is 9.19. The minimum absolute atomic E-state index is 0.00447. The summed E-state index contributed by atoms with van der Waals surface area (Å²) in [7, 11) is 0. The van der Waals surface area contributed by atoms with Crippen molar-refractivity contribution in [1.29, 1.82) is 0 Å². The summed E-state index contributed by atoms with van der Waals surface area (Å²) >= 11 is 1.38. The number of aliphatic hydroxyl groups excluding tert-OH is 1. The predicted molar refractivity (Wildman–Crippen MR) is 310 cm³/mol.